The fourth-order valence-corrected chi connectivity index (χ4v) is 10.2. The van der Waals surface area contributed by atoms with Gasteiger partial charge in [0.1, 0.15) is 19.8 Å². The maximum absolute atomic E-state index is 12.9. The van der Waals surface area contributed by atoms with Crippen LogP contribution < -0.4 is 0 Å². The third-order valence-corrected chi connectivity index (χ3v) is 15.7. The molecule has 0 saturated heterocycles. The van der Waals surface area contributed by atoms with Crippen molar-refractivity contribution >= 4 is 19.8 Å². The lowest BCUT2D eigenvalue weighted by Crippen LogP contribution is -2.37. The number of carbonyl (C=O) groups excluding carboxylic acids is 2. The van der Waals surface area contributed by atoms with Crippen LogP contribution in [0.5, 0.6) is 0 Å². The van der Waals surface area contributed by atoms with E-state index in [1.165, 1.54) is 205 Å². The first kappa shape index (κ1) is 77.5. The predicted octanol–water partition coefficient (Wildman–Crippen LogP) is 21.6. The Kier molecular flexibility index (Phi) is 59.1. The molecule has 0 radical (unpaired) electrons. The first-order chi connectivity index (χ1) is 39.0. The molecule has 0 aromatic carbocycles. The summed E-state index contributed by atoms with van der Waals surface area (Å²) in [5.74, 6) is -0.802. The molecule has 0 bridgehead atoms. The van der Waals surface area contributed by atoms with Gasteiger partial charge in [-0.15, -0.1) is 0 Å². The van der Waals surface area contributed by atoms with Crippen LogP contribution in [0, 0.1) is 0 Å². The van der Waals surface area contributed by atoms with E-state index < -0.39 is 26.5 Å². The van der Waals surface area contributed by atoms with Crippen molar-refractivity contribution in [1.82, 2.24) is 0 Å². The number of carbonyl (C=O) groups is 2. The van der Waals surface area contributed by atoms with Gasteiger partial charge in [-0.25, -0.2) is 4.57 Å². The van der Waals surface area contributed by atoms with Crippen molar-refractivity contribution in [3.05, 3.63) is 72.9 Å². The lowest BCUT2D eigenvalue weighted by Gasteiger charge is -2.24. The van der Waals surface area contributed by atoms with Crippen molar-refractivity contribution in [3.63, 3.8) is 0 Å². The third-order valence-electron chi connectivity index (χ3n) is 14.7. The van der Waals surface area contributed by atoms with Crippen LogP contribution in [0.3, 0.4) is 0 Å². The molecule has 0 aliphatic carbocycles. The Hall–Kier alpha value is -2.55. The summed E-state index contributed by atoms with van der Waals surface area (Å²) < 4.78 is 34.6. The highest BCUT2D eigenvalue weighted by Crippen LogP contribution is 2.43. The second-order valence-corrected chi connectivity index (χ2v) is 25.3. The molecule has 1 N–H and O–H groups in total. The number of hydrogen-bond acceptors (Lipinski definition) is 7. The molecule has 2 atom stereocenters. The number of rotatable bonds is 62. The fraction of sp³-hybridized carbons (Fsp3) is 0.800. The normalized spacial score (nSPS) is 13.6. The smallest absolute Gasteiger partial charge is 0.462 e. The second kappa shape index (κ2) is 61.0. The number of phosphoric acid groups is 1. The van der Waals surface area contributed by atoms with E-state index in [2.05, 4.69) is 86.8 Å². The molecule has 0 saturated carbocycles. The molecule has 2 unspecified atom stereocenters. The van der Waals surface area contributed by atoms with E-state index in [1.807, 2.05) is 21.1 Å². The molecule has 80 heavy (non-hydrogen) atoms. The molecule has 10 heteroatoms. The van der Waals surface area contributed by atoms with Crippen molar-refractivity contribution < 1.29 is 42.1 Å². The molecule has 0 heterocycles. The molecular formula is C70H129NO8P+. The van der Waals surface area contributed by atoms with Crippen LogP contribution in [0.1, 0.15) is 309 Å². The van der Waals surface area contributed by atoms with Gasteiger partial charge in [-0.3, -0.25) is 18.6 Å². The van der Waals surface area contributed by atoms with E-state index in [4.69, 9.17) is 18.5 Å². The summed E-state index contributed by atoms with van der Waals surface area (Å²) in [7, 11) is 1.47. The SMILES string of the molecule is CCCCC/C=C\C/C=C\C/C=C\CCCCCCCCC(=O)OCC(COP(=O)(O)OCC[N+](C)(C)C)OC(=O)CCCCCCCCCCCCCCCCCCCCCCCC/C=C\C/C=C\C/C=C\CCCCCCC. The van der Waals surface area contributed by atoms with E-state index >= 15 is 0 Å². The van der Waals surface area contributed by atoms with Crippen molar-refractivity contribution in [2.24, 2.45) is 0 Å². The quantitative estimate of drug-likeness (QED) is 0.0211. The first-order valence-electron chi connectivity index (χ1n) is 33.7. The Morgan fingerprint density at radius 3 is 1.02 bits per heavy atom. The van der Waals surface area contributed by atoms with Crippen LogP contribution in [-0.2, 0) is 32.7 Å². The third kappa shape index (κ3) is 64.6. The molecule has 0 rings (SSSR count). The zero-order valence-electron chi connectivity index (χ0n) is 53.1. The van der Waals surface area contributed by atoms with Gasteiger partial charge >= 0.3 is 19.8 Å². The number of allylic oxidation sites excluding steroid dienone is 12. The van der Waals surface area contributed by atoms with E-state index in [-0.39, 0.29) is 32.0 Å². The van der Waals surface area contributed by atoms with Gasteiger partial charge in [-0.1, -0.05) is 279 Å². The number of phosphoric ester groups is 1. The highest BCUT2D eigenvalue weighted by molar-refractivity contribution is 7.47. The van der Waals surface area contributed by atoms with Gasteiger partial charge in [0.25, 0.3) is 0 Å². The monoisotopic (exact) mass is 1140 g/mol. The molecule has 0 aromatic rings. The number of hydrogen-bond donors (Lipinski definition) is 1. The maximum Gasteiger partial charge on any atom is 0.472 e. The standard InChI is InChI=1S/C70H128NO8P/c1-6-8-10-12-14-16-18-20-22-24-26-27-28-29-30-31-32-33-34-35-36-37-38-39-40-41-42-43-45-47-49-51-53-55-57-59-61-63-70(73)79-68(67-78-80(74,75)77-65-64-71(3,4)5)66-76-69(72)62-60-58-56-54-52-50-48-46-44-25-23-21-19-17-15-13-11-9-7-2/h15,17-18,20-21,23-24,26,28-29,44,46,68H,6-14,16,19,22,25,27,30-43,45,47-67H2,1-5H3/p+1/b17-15-,20-18-,23-21-,26-24-,29-28-,46-44-. The molecule has 9 nitrogen and oxygen atoms in total. The van der Waals surface area contributed by atoms with E-state index in [9.17, 15) is 19.0 Å². The number of quaternary nitrogens is 1. The van der Waals surface area contributed by atoms with Gasteiger partial charge < -0.3 is 18.9 Å². The Labute approximate surface area is 495 Å². The Bertz CT molecular complexity index is 1580. The minimum absolute atomic E-state index is 0.0286. The number of ether oxygens (including phenoxy) is 2. The largest absolute Gasteiger partial charge is 0.472 e. The van der Waals surface area contributed by atoms with Gasteiger partial charge in [-0.2, -0.15) is 0 Å². The summed E-state index contributed by atoms with van der Waals surface area (Å²) in [5.41, 5.74) is 0. The van der Waals surface area contributed by atoms with E-state index in [0.717, 1.165) is 70.6 Å². The average molecular weight is 1140 g/mol. The minimum Gasteiger partial charge on any atom is -0.462 e. The number of likely N-dealkylation sites (N-methyl/N-ethyl adjacent to an activating group) is 1. The van der Waals surface area contributed by atoms with Gasteiger partial charge in [0.05, 0.1) is 27.7 Å². The van der Waals surface area contributed by atoms with Gasteiger partial charge in [0.2, 0.25) is 0 Å². The molecule has 0 aliphatic rings. The summed E-state index contributed by atoms with van der Waals surface area (Å²) in [4.78, 5) is 35.8. The molecule has 0 aliphatic heterocycles. The van der Waals surface area contributed by atoms with Crippen LogP contribution in [0.25, 0.3) is 0 Å². The summed E-state index contributed by atoms with van der Waals surface area (Å²) in [6.07, 6.45) is 81.5. The number of unbranched alkanes of at least 4 members (excludes halogenated alkanes) is 36. The molecule has 0 aromatic heterocycles. The van der Waals surface area contributed by atoms with Crippen LogP contribution in [0.2, 0.25) is 0 Å². The second-order valence-electron chi connectivity index (χ2n) is 23.9. The minimum atomic E-state index is -4.39. The Balaban J connectivity index is 3.99. The van der Waals surface area contributed by atoms with E-state index in [1.54, 1.807) is 0 Å². The Morgan fingerprint density at radius 2 is 0.675 bits per heavy atom. The summed E-state index contributed by atoms with van der Waals surface area (Å²) >= 11 is 0. The lowest BCUT2D eigenvalue weighted by atomic mass is 10.0. The van der Waals surface area contributed by atoms with Crippen LogP contribution in [0.15, 0.2) is 72.9 Å². The van der Waals surface area contributed by atoms with Gasteiger partial charge in [0.15, 0.2) is 6.10 Å². The molecule has 0 spiro atoms. The summed E-state index contributed by atoms with van der Waals surface area (Å²) in [6.45, 7) is 4.41. The van der Waals surface area contributed by atoms with Crippen LogP contribution in [0.4, 0.5) is 0 Å². The molecular weight excluding hydrogens is 1010 g/mol. The molecule has 466 valence electrons. The summed E-state index contributed by atoms with van der Waals surface area (Å²) in [5, 5.41) is 0. The van der Waals surface area contributed by atoms with Gasteiger partial charge in [0, 0.05) is 12.8 Å². The number of nitrogens with zero attached hydrogens (tertiary/aromatic N) is 1. The zero-order valence-corrected chi connectivity index (χ0v) is 54.0. The highest BCUT2D eigenvalue weighted by atomic mass is 31.2. The molecule has 0 fully saturated rings. The van der Waals surface area contributed by atoms with Crippen molar-refractivity contribution in [2.75, 3.05) is 47.5 Å². The first-order valence-corrected chi connectivity index (χ1v) is 35.2. The van der Waals surface area contributed by atoms with E-state index in [0.29, 0.717) is 17.4 Å². The van der Waals surface area contributed by atoms with Gasteiger partial charge in [-0.05, 0) is 89.9 Å². The highest BCUT2D eigenvalue weighted by Gasteiger charge is 2.27. The predicted molar refractivity (Wildman–Crippen MR) is 344 cm³/mol. The lowest BCUT2D eigenvalue weighted by molar-refractivity contribution is -0.870. The van der Waals surface area contributed by atoms with Crippen molar-refractivity contribution in [3.8, 4) is 0 Å². The van der Waals surface area contributed by atoms with Crippen molar-refractivity contribution in [2.45, 2.75) is 315 Å². The van der Waals surface area contributed by atoms with Crippen LogP contribution >= 0.6 is 7.82 Å². The van der Waals surface area contributed by atoms with Crippen molar-refractivity contribution in [1.29, 1.82) is 0 Å². The zero-order chi connectivity index (χ0) is 58.4. The van der Waals surface area contributed by atoms with Crippen LogP contribution in [-0.4, -0.2) is 74.9 Å². The topological polar surface area (TPSA) is 108 Å². The number of esters is 2. The Morgan fingerprint density at radius 1 is 0.388 bits per heavy atom. The molecule has 0 amide bonds. The average Bonchev–Trinajstić information content (AvgIpc) is 3.42. The maximum atomic E-state index is 12.9. The fourth-order valence-electron chi connectivity index (χ4n) is 9.50. The summed E-state index contributed by atoms with van der Waals surface area (Å²) in [6, 6.07) is 0.